The van der Waals surface area contributed by atoms with Crippen molar-refractivity contribution in [2.24, 2.45) is 11.8 Å². The molecule has 2 unspecified atom stereocenters. The van der Waals surface area contributed by atoms with E-state index in [2.05, 4.69) is 35.0 Å². The summed E-state index contributed by atoms with van der Waals surface area (Å²) < 4.78 is 0. The second-order valence-electron chi connectivity index (χ2n) is 5.35. The second kappa shape index (κ2) is 4.08. The SMILES string of the molecule is Cc1cccc(N2CC3CCCCC3C2)n1. The van der Waals surface area contributed by atoms with Gasteiger partial charge in [-0.05, 0) is 43.7 Å². The highest BCUT2D eigenvalue weighted by Gasteiger charge is 2.34. The largest absolute Gasteiger partial charge is 0.356 e. The first-order valence-electron chi connectivity index (χ1n) is 6.51. The topological polar surface area (TPSA) is 16.1 Å². The Bertz CT molecular complexity index is 361. The van der Waals surface area contributed by atoms with E-state index in [0.717, 1.165) is 17.5 Å². The molecule has 1 saturated carbocycles. The van der Waals surface area contributed by atoms with Crippen molar-refractivity contribution >= 4 is 5.82 Å². The van der Waals surface area contributed by atoms with Crippen molar-refractivity contribution in [2.45, 2.75) is 32.6 Å². The van der Waals surface area contributed by atoms with Crippen LogP contribution in [0.3, 0.4) is 0 Å². The quantitative estimate of drug-likeness (QED) is 0.717. The van der Waals surface area contributed by atoms with Crippen molar-refractivity contribution in [1.82, 2.24) is 4.98 Å². The van der Waals surface area contributed by atoms with Crippen LogP contribution in [0.2, 0.25) is 0 Å². The van der Waals surface area contributed by atoms with Gasteiger partial charge in [-0.15, -0.1) is 0 Å². The molecule has 86 valence electrons. The molecular formula is C14H20N2. The van der Waals surface area contributed by atoms with E-state index in [-0.39, 0.29) is 0 Å². The van der Waals surface area contributed by atoms with Crippen molar-refractivity contribution in [1.29, 1.82) is 0 Å². The average Bonchev–Trinajstić information content (AvgIpc) is 2.72. The smallest absolute Gasteiger partial charge is 0.128 e. The van der Waals surface area contributed by atoms with Gasteiger partial charge in [-0.25, -0.2) is 4.98 Å². The molecule has 2 heteroatoms. The van der Waals surface area contributed by atoms with Gasteiger partial charge in [0.05, 0.1) is 0 Å². The minimum atomic E-state index is 0.941. The lowest BCUT2D eigenvalue weighted by atomic mass is 9.82. The van der Waals surface area contributed by atoms with Gasteiger partial charge in [0.15, 0.2) is 0 Å². The lowest BCUT2D eigenvalue weighted by Gasteiger charge is -2.22. The molecule has 16 heavy (non-hydrogen) atoms. The summed E-state index contributed by atoms with van der Waals surface area (Å²) in [6.45, 7) is 4.55. The van der Waals surface area contributed by atoms with E-state index in [0.29, 0.717) is 0 Å². The summed E-state index contributed by atoms with van der Waals surface area (Å²) >= 11 is 0. The Balaban J connectivity index is 1.77. The fourth-order valence-electron chi connectivity index (χ4n) is 3.30. The van der Waals surface area contributed by atoms with E-state index in [1.165, 1.54) is 44.6 Å². The third-order valence-electron chi connectivity index (χ3n) is 4.17. The summed E-state index contributed by atoms with van der Waals surface area (Å²) in [5.74, 6) is 3.07. The van der Waals surface area contributed by atoms with Crippen LogP contribution >= 0.6 is 0 Å². The molecule has 0 aromatic carbocycles. The number of hydrogen-bond acceptors (Lipinski definition) is 2. The fourth-order valence-corrected chi connectivity index (χ4v) is 3.30. The zero-order valence-electron chi connectivity index (χ0n) is 10.0. The highest BCUT2D eigenvalue weighted by molar-refractivity contribution is 5.40. The third-order valence-corrected chi connectivity index (χ3v) is 4.17. The zero-order chi connectivity index (χ0) is 11.0. The average molecular weight is 216 g/mol. The molecular weight excluding hydrogens is 196 g/mol. The van der Waals surface area contributed by atoms with Crippen LogP contribution in [0.25, 0.3) is 0 Å². The number of aryl methyl sites for hydroxylation is 1. The molecule has 2 nitrogen and oxygen atoms in total. The molecule has 2 atom stereocenters. The number of nitrogens with zero attached hydrogens (tertiary/aromatic N) is 2. The van der Waals surface area contributed by atoms with Crippen LogP contribution in [-0.4, -0.2) is 18.1 Å². The maximum Gasteiger partial charge on any atom is 0.128 e. The molecule has 1 saturated heterocycles. The van der Waals surface area contributed by atoms with Crippen molar-refractivity contribution in [2.75, 3.05) is 18.0 Å². The van der Waals surface area contributed by atoms with Crippen LogP contribution in [0.5, 0.6) is 0 Å². The van der Waals surface area contributed by atoms with Gasteiger partial charge in [0.1, 0.15) is 5.82 Å². The first-order valence-corrected chi connectivity index (χ1v) is 6.51. The predicted molar refractivity (Wildman–Crippen MR) is 66.6 cm³/mol. The Hall–Kier alpha value is -1.05. The van der Waals surface area contributed by atoms with E-state index in [1.807, 2.05) is 0 Å². The summed E-state index contributed by atoms with van der Waals surface area (Å²) in [7, 11) is 0. The van der Waals surface area contributed by atoms with Crippen LogP contribution < -0.4 is 4.90 Å². The second-order valence-corrected chi connectivity index (χ2v) is 5.35. The van der Waals surface area contributed by atoms with Gasteiger partial charge in [0, 0.05) is 18.8 Å². The fraction of sp³-hybridized carbons (Fsp3) is 0.643. The molecule has 0 spiro atoms. The van der Waals surface area contributed by atoms with Gasteiger partial charge in [-0.1, -0.05) is 18.9 Å². The minimum Gasteiger partial charge on any atom is -0.356 e. The monoisotopic (exact) mass is 216 g/mol. The maximum absolute atomic E-state index is 4.64. The number of hydrogen-bond donors (Lipinski definition) is 0. The van der Waals surface area contributed by atoms with Gasteiger partial charge >= 0.3 is 0 Å². The lowest BCUT2D eigenvalue weighted by molar-refractivity contribution is 0.299. The van der Waals surface area contributed by atoms with Crippen molar-refractivity contribution < 1.29 is 0 Å². The molecule has 0 bridgehead atoms. The van der Waals surface area contributed by atoms with E-state index in [1.54, 1.807) is 0 Å². The molecule has 2 heterocycles. The van der Waals surface area contributed by atoms with Crippen molar-refractivity contribution in [3.05, 3.63) is 23.9 Å². The Morgan fingerprint density at radius 2 is 1.81 bits per heavy atom. The van der Waals surface area contributed by atoms with Gasteiger partial charge in [-0.2, -0.15) is 0 Å². The molecule has 0 N–H and O–H groups in total. The van der Waals surface area contributed by atoms with Crippen LogP contribution in [0.4, 0.5) is 5.82 Å². The summed E-state index contributed by atoms with van der Waals surface area (Å²) in [4.78, 5) is 7.13. The normalized spacial score (nSPS) is 29.2. The van der Waals surface area contributed by atoms with E-state index in [9.17, 15) is 0 Å². The number of aromatic nitrogens is 1. The molecule has 0 amide bonds. The summed E-state index contributed by atoms with van der Waals surface area (Å²) in [6.07, 6.45) is 5.76. The summed E-state index contributed by atoms with van der Waals surface area (Å²) in [5.41, 5.74) is 1.13. The molecule has 3 rings (SSSR count). The molecule has 0 radical (unpaired) electrons. The zero-order valence-corrected chi connectivity index (χ0v) is 10.0. The van der Waals surface area contributed by atoms with E-state index < -0.39 is 0 Å². The molecule has 1 aromatic rings. The Morgan fingerprint density at radius 3 is 2.44 bits per heavy atom. The minimum absolute atomic E-state index is 0.941. The molecule has 1 aromatic heterocycles. The van der Waals surface area contributed by atoms with Crippen LogP contribution in [-0.2, 0) is 0 Å². The van der Waals surface area contributed by atoms with Gasteiger partial charge in [-0.3, -0.25) is 0 Å². The number of anilines is 1. The standard InChI is InChI=1S/C14H20N2/c1-11-5-4-8-14(15-11)16-9-12-6-2-3-7-13(12)10-16/h4-5,8,12-13H,2-3,6-7,9-10H2,1H3. The van der Waals surface area contributed by atoms with Gasteiger partial charge in [0.25, 0.3) is 0 Å². The predicted octanol–water partition coefficient (Wildman–Crippen LogP) is 3.02. The molecule has 2 fully saturated rings. The van der Waals surface area contributed by atoms with E-state index >= 15 is 0 Å². The van der Waals surface area contributed by atoms with Gasteiger partial charge < -0.3 is 4.90 Å². The van der Waals surface area contributed by atoms with E-state index in [4.69, 9.17) is 0 Å². The van der Waals surface area contributed by atoms with Crippen LogP contribution in [0.15, 0.2) is 18.2 Å². The first kappa shape index (κ1) is 10.1. The first-order chi connectivity index (χ1) is 7.83. The number of fused-ring (bicyclic) bond motifs is 1. The van der Waals surface area contributed by atoms with Crippen LogP contribution in [0, 0.1) is 18.8 Å². The van der Waals surface area contributed by atoms with Crippen LogP contribution in [0.1, 0.15) is 31.4 Å². The highest BCUT2D eigenvalue weighted by Crippen LogP contribution is 2.37. The number of pyridine rings is 1. The Labute approximate surface area is 97.7 Å². The maximum atomic E-state index is 4.64. The molecule has 2 aliphatic rings. The van der Waals surface area contributed by atoms with Crippen molar-refractivity contribution in [3.63, 3.8) is 0 Å². The summed E-state index contributed by atoms with van der Waals surface area (Å²) in [6, 6.07) is 6.36. The summed E-state index contributed by atoms with van der Waals surface area (Å²) in [5, 5.41) is 0. The Kier molecular flexibility index (Phi) is 2.58. The number of rotatable bonds is 1. The molecule has 1 aliphatic carbocycles. The highest BCUT2D eigenvalue weighted by atomic mass is 15.2. The van der Waals surface area contributed by atoms with Gasteiger partial charge in [0.2, 0.25) is 0 Å². The molecule has 1 aliphatic heterocycles. The van der Waals surface area contributed by atoms with Crippen molar-refractivity contribution in [3.8, 4) is 0 Å². The third kappa shape index (κ3) is 1.81. The Morgan fingerprint density at radius 1 is 1.12 bits per heavy atom. The lowest BCUT2D eigenvalue weighted by Crippen LogP contribution is -2.21.